The van der Waals surface area contributed by atoms with Crippen molar-refractivity contribution in [3.63, 3.8) is 0 Å². The number of nitrogens with one attached hydrogen (secondary N) is 1. The van der Waals surface area contributed by atoms with Gasteiger partial charge >= 0.3 is 0 Å². The molecule has 1 fully saturated rings. The molecule has 0 aromatic heterocycles. The van der Waals surface area contributed by atoms with Gasteiger partial charge in [0.2, 0.25) is 0 Å². The van der Waals surface area contributed by atoms with Crippen molar-refractivity contribution >= 4 is 34.7 Å². The molecule has 120 valence electrons. The number of ketones is 1. The zero-order valence-corrected chi connectivity index (χ0v) is 14.2. The first-order valence-corrected chi connectivity index (χ1v) is 8.65. The predicted octanol–water partition coefficient (Wildman–Crippen LogP) is 4.33. The molecule has 0 bridgehead atoms. The van der Waals surface area contributed by atoms with Gasteiger partial charge in [0.25, 0.3) is 0 Å². The van der Waals surface area contributed by atoms with Crippen molar-refractivity contribution in [3.8, 4) is 0 Å². The first kappa shape index (κ1) is 16.1. The van der Waals surface area contributed by atoms with E-state index in [-0.39, 0.29) is 17.8 Å². The van der Waals surface area contributed by atoms with Gasteiger partial charge in [0, 0.05) is 17.5 Å². The minimum atomic E-state index is -0.346. The maximum absolute atomic E-state index is 13.0. The van der Waals surface area contributed by atoms with Gasteiger partial charge in [-0.25, -0.2) is 0 Å². The van der Waals surface area contributed by atoms with E-state index in [2.05, 4.69) is 12.2 Å². The number of hydrogen-bond donors (Lipinski definition) is 2. The Bertz CT molecular complexity index is 611. The topological polar surface area (TPSA) is 49.3 Å². The summed E-state index contributed by atoms with van der Waals surface area (Å²) in [6.07, 6.45) is 5.40. The van der Waals surface area contributed by atoms with Gasteiger partial charge in [-0.3, -0.25) is 4.79 Å². The molecule has 3 rings (SSSR count). The van der Waals surface area contributed by atoms with Crippen LogP contribution in [0.2, 0.25) is 10.0 Å². The van der Waals surface area contributed by atoms with Crippen LogP contribution in [0.25, 0.3) is 0 Å². The number of anilines is 1. The molecule has 0 saturated heterocycles. The molecule has 0 spiro atoms. The summed E-state index contributed by atoms with van der Waals surface area (Å²) in [5.41, 5.74) is 1.94. The highest BCUT2D eigenvalue weighted by Gasteiger charge is 2.49. The summed E-state index contributed by atoms with van der Waals surface area (Å²) in [7, 11) is 0. The van der Waals surface area contributed by atoms with Gasteiger partial charge in [-0.2, -0.15) is 0 Å². The second-order valence-electron chi connectivity index (χ2n) is 6.64. The van der Waals surface area contributed by atoms with Crippen LogP contribution in [0, 0.1) is 11.3 Å². The first-order valence-electron chi connectivity index (χ1n) is 7.89. The number of hydrogen-bond acceptors (Lipinski definition) is 3. The minimum absolute atomic E-state index is 0.0176. The number of fused-ring (bicyclic) bond motifs is 1. The summed E-state index contributed by atoms with van der Waals surface area (Å²) in [6, 6.07) is 1.93. The summed E-state index contributed by atoms with van der Waals surface area (Å²) in [6.45, 7) is 2.50. The van der Waals surface area contributed by atoms with Gasteiger partial charge in [-0.15, -0.1) is 0 Å². The van der Waals surface area contributed by atoms with Crippen LogP contribution < -0.4 is 5.32 Å². The maximum atomic E-state index is 13.0. The Morgan fingerprint density at radius 2 is 2.00 bits per heavy atom. The molecule has 0 heterocycles. The molecule has 0 radical (unpaired) electrons. The number of Topliss-reactive ketones (excluding diaryl/α,β-unsaturated/α-hetero) is 1. The quantitative estimate of drug-likeness (QED) is 0.856. The molecule has 1 aromatic rings. The Labute approximate surface area is 141 Å². The van der Waals surface area contributed by atoms with Crippen LogP contribution >= 0.6 is 23.2 Å². The van der Waals surface area contributed by atoms with E-state index in [0.29, 0.717) is 33.8 Å². The molecule has 1 atom stereocenters. The molecule has 3 nitrogen and oxygen atoms in total. The van der Waals surface area contributed by atoms with Crippen molar-refractivity contribution in [2.24, 2.45) is 11.3 Å². The third kappa shape index (κ3) is 2.44. The molecule has 0 aliphatic heterocycles. The number of carbonyl (C=O) groups is 1. The van der Waals surface area contributed by atoms with Crippen molar-refractivity contribution in [1.29, 1.82) is 0 Å². The average Bonchev–Trinajstić information content (AvgIpc) is 3.10. The Hall–Kier alpha value is -0.770. The standard InChI is InChI=1S/C17H21Cl2NO2/c1-17(11-4-2-3-5-11)9-10-8-12(20-6-7-21)14(18)15(19)13(10)16(17)22/h8,11,20-21H,2-7,9H2,1H3. The van der Waals surface area contributed by atoms with E-state index in [1.165, 1.54) is 12.8 Å². The molecule has 2 aliphatic rings. The molecule has 2 N–H and O–H groups in total. The van der Waals surface area contributed by atoms with Gasteiger partial charge < -0.3 is 10.4 Å². The average molecular weight is 342 g/mol. The lowest BCUT2D eigenvalue weighted by Crippen LogP contribution is -2.32. The van der Waals surface area contributed by atoms with Crippen molar-refractivity contribution in [1.82, 2.24) is 0 Å². The Kier molecular flexibility index (Phi) is 4.41. The van der Waals surface area contributed by atoms with E-state index >= 15 is 0 Å². The highest BCUT2D eigenvalue weighted by molar-refractivity contribution is 6.46. The molecular formula is C17H21Cl2NO2. The molecule has 22 heavy (non-hydrogen) atoms. The Morgan fingerprint density at radius 3 is 2.64 bits per heavy atom. The zero-order valence-electron chi connectivity index (χ0n) is 12.7. The van der Waals surface area contributed by atoms with Crippen LogP contribution in [0.5, 0.6) is 0 Å². The Morgan fingerprint density at radius 1 is 1.32 bits per heavy atom. The molecule has 1 aromatic carbocycles. The van der Waals surface area contributed by atoms with Crippen LogP contribution in [0.3, 0.4) is 0 Å². The van der Waals surface area contributed by atoms with Crippen LogP contribution in [0.4, 0.5) is 5.69 Å². The van der Waals surface area contributed by atoms with Gasteiger partial charge in [0.05, 0.1) is 22.3 Å². The van der Waals surface area contributed by atoms with E-state index < -0.39 is 0 Å². The van der Waals surface area contributed by atoms with Crippen molar-refractivity contribution in [3.05, 3.63) is 27.2 Å². The fourth-order valence-corrected chi connectivity index (χ4v) is 4.56. The van der Waals surface area contributed by atoms with Gasteiger partial charge in [-0.05, 0) is 36.8 Å². The zero-order chi connectivity index (χ0) is 15.9. The number of aliphatic hydroxyl groups excluding tert-OH is 1. The first-order chi connectivity index (χ1) is 10.5. The van der Waals surface area contributed by atoms with E-state index in [1.807, 2.05) is 6.07 Å². The van der Waals surface area contributed by atoms with Gasteiger partial charge in [0.1, 0.15) is 0 Å². The molecule has 5 heteroatoms. The second kappa shape index (κ2) is 6.03. The minimum Gasteiger partial charge on any atom is -0.395 e. The van der Waals surface area contributed by atoms with E-state index in [1.54, 1.807) is 0 Å². The van der Waals surface area contributed by atoms with Crippen molar-refractivity contribution in [2.75, 3.05) is 18.5 Å². The number of rotatable bonds is 4. The van der Waals surface area contributed by atoms with Crippen LogP contribution in [-0.4, -0.2) is 24.0 Å². The lowest BCUT2D eigenvalue weighted by Gasteiger charge is -2.29. The highest BCUT2D eigenvalue weighted by atomic mass is 35.5. The number of carbonyl (C=O) groups excluding carboxylic acids is 1. The summed E-state index contributed by atoms with van der Waals surface area (Å²) < 4.78 is 0. The summed E-state index contributed by atoms with van der Waals surface area (Å²) >= 11 is 12.7. The number of halogens is 2. The molecular weight excluding hydrogens is 321 g/mol. The third-order valence-corrected chi connectivity index (χ3v) is 6.14. The van der Waals surface area contributed by atoms with Crippen molar-refractivity contribution in [2.45, 2.75) is 39.0 Å². The summed E-state index contributed by atoms with van der Waals surface area (Å²) in [5.74, 6) is 0.589. The molecule has 1 saturated carbocycles. The lowest BCUT2D eigenvalue weighted by molar-refractivity contribution is 0.0744. The molecule has 1 unspecified atom stereocenters. The van der Waals surface area contributed by atoms with E-state index in [4.69, 9.17) is 28.3 Å². The second-order valence-corrected chi connectivity index (χ2v) is 7.40. The summed E-state index contributed by atoms with van der Waals surface area (Å²) in [4.78, 5) is 13.0. The maximum Gasteiger partial charge on any atom is 0.171 e. The summed E-state index contributed by atoms with van der Waals surface area (Å²) in [5, 5.41) is 12.8. The largest absolute Gasteiger partial charge is 0.395 e. The van der Waals surface area contributed by atoms with E-state index in [9.17, 15) is 4.79 Å². The van der Waals surface area contributed by atoms with E-state index in [0.717, 1.165) is 24.8 Å². The fourth-order valence-electron chi connectivity index (χ4n) is 4.04. The lowest BCUT2D eigenvalue weighted by atomic mass is 9.73. The van der Waals surface area contributed by atoms with Crippen LogP contribution in [0.1, 0.15) is 48.5 Å². The van der Waals surface area contributed by atoms with Gasteiger partial charge in [-0.1, -0.05) is 43.0 Å². The van der Waals surface area contributed by atoms with Gasteiger partial charge in [0.15, 0.2) is 5.78 Å². The molecule has 2 aliphatic carbocycles. The monoisotopic (exact) mass is 341 g/mol. The van der Waals surface area contributed by atoms with Crippen LogP contribution in [0.15, 0.2) is 6.07 Å². The predicted molar refractivity (Wildman–Crippen MR) is 90.1 cm³/mol. The Balaban J connectivity index is 1.99. The fraction of sp³-hybridized carbons (Fsp3) is 0.588. The SMILES string of the molecule is CC1(C2CCCC2)Cc2cc(NCCO)c(Cl)c(Cl)c2C1=O. The number of aliphatic hydroxyl groups is 1. The molecule has 0 amide bonds. The van der Waals surface area contributed by atoms with Crippen LogP contribution in [-0.2, 0) is 6.42 Å². The van der Waals surface area contributed by atoms with Crippen molar-refractivity contribution < 1.29 is 9.90 Å². The normalized spacial score (nSPS) is 24.8. The number of benzene rings is 1. The highest BCUT2D eigenvalue weighted by Crippen LogP contribution is 2.51. The third-order valence-electron chi connectivity index (χ3n) is 5.28. The smallest absolute Gasteiger partial charge is 0.171 e.